The van der Waals surface area contributed by atoms with Crippen LogP contribution in [0.2, 0.25) is 0 Å². The normalized spacial score (nSPS) is 14.2. The number of rotatable bonds is 70. The third-order valence-corrected chi connectivity index (χ3v) is 18.7. The van der Waals surface area contributed by atoms with Crippen LogP contribution in [0.1, 0.15) is 364 Å². The van der Waals surface area contributed by atoms with Crippen LogP contribution in [0.25, 0.3) is 0 Å². The lowest BCUT2D eigenvalue weighted by molar-refractivity contribution is -0.161. The minimum atomic E-state index is -4.95. The molecule has 17 nitrogen and oxygen atoms in total. The van der Waals surface area contributed by atoms with Crippen LogP contribution in [-0.4, -0.2) is 96.7 Å². The maximum atomic E-state index is 13.0. The minimum Gasteiger partial charge on any atom is -0.462 e. The molecule has 0 aromatic carbocycles. The summed E-state index contributed by atoms with van der Waals surface area (Å²) in [6.07, 6.45) is 46.0. The second-order valence-corrected chi connectivity index (χ2v) is 31.1. The predicted molar refractivity (Wildman–Crippen MR) is 372 cm³/mol. The van der Waals surface area contributed by atoms with Crippen molar-refractivity contribution in [1.29, 1.82) is 0 Å². The van der Waals surface area contributed by atoms with Gasteiger partial charge in [-0.25, -0.2) is 9.13 Å². The van der Waals surface area contributed by atoms with Crippen molar-refractivity contribution in [3.05, 3.63) is 0 Å². The number of hydrogen-bond acceptors (Lipinski definition) is 15. The Kier molecular flexibility index (Phi) is 61.3. The molecule has 0 aliphatic rings. The lowest BCUT2D eigenvalue weighted by Crippen LogP contribution is -2.30. The first-order valence-corrected chi connectivity index (χ1v) is 40.7. The predicted octanol–water partition coefficient (Wildman–Crippen LogP) is 20.9. The van der Waals surface area contributed by atoms with Crippen LogP contribution in [0.4, 0.5) is 0 Å². The van der Waals surface area contributed by atoms with E-state index in [9.17, 15) is 43.2 Å². The van der Waals surface area contributed by atoms with Gasteiger partial charge in [-0.1, -0.05) is 312 Å². The Morgan fingerprint density at radius 1 is 0.272 bits per heavy atom. The highest BCUT2D eigenvalue weighted by Crippen LogP contribution is 2.45. The van der Waals surface area contributed by atoms with E-state index in [4.69, 9.17) is 37.0 Å². The number of phosphoric ester groups is 2. The molecule has 0 rings (SSSR count). The van der Waals surface area contributed by atoms with Crippen molar-refractivity contribution in [3.8, 4) is 0 Å². The van der Waals surface area contributed by atoms with Crippen LogP contribution in [0.5, 0.6) is 0 Å². The SMILES string of the molecule is CC(C)CCCCCCCCCCCCCCCC(=O)O[C@H](COC(=O)CCCCCCCCCCC(C)C)COP(=O)(O)OC[C@@H](O)COP(=O)(O)OC[C@@H](COC(=O)CCCCCCCCC(C)C)OC(=O)CCCCCCCCCCCCCCCC(C)C. The van der Waals surface area contributed by atoms with Crippen molar-refractivity contribution in [3.63, 3.8) is 0 Å². The number of ether oxygens (including phenoxy) is 4. The summed E-state index contributed by atoms with van der Waals surface area (Å²) in [4.78, 5) is 72.6. The van der Waals surface area contributed by atoms with Gasteiger partial charge in [0.05, 0.1) is 26.4 Å². The van der Waals surface area contributed by atoms with Gasteiger partial charge < -0.3 is 33.8 Å². The third kappa shape index (κ3) is 66.7. The highest BCUT2D eigenvalue weighted by atomic mass is 31.2. The van der Waals surface area contributed by atoms with Gasteiger partial charge in [0, 0.05) is 25.7 Å². The largest absolute Gasteiger partial charge is 0.472 e. The smallest absolute Gasteiger partial charge is 0.462 e. The first-order chi connectivity index (χ1) is 44.1. The lowest BCUT2D eigenvalue weighted by Gasteiger charge is -2.21. The number of aliphatic hydroxyl groups excluding tert-OH is 1. The van der Waals surface area contributed by atoms with Crippen LogP contribution >= 0.6 is 15.6 Å². The zero-order valence-corrected chi connectivity index (χ0v) is 62.0. The summed E-state index contributed by atoms with van der Waals surface area (Å²) >= 11 is 0. The first-order valence-electron chi connectivity index (χ1n) is 37.7. The zero-order valence-electron chi connectivity index (χ0n) is 60.2. The molecule has 19 heteroatoms. The molecule has 0 heterocycles. The van der Waals surface area contributed by atoms with Crippen LogP contribution < -0.4 is 0 Å². The van der Waals surface area contributed by atoms with E-state index in [0.717, 1.165) is 114 Å². The van der Waals surface area contributed by atoms with Crippen molar-refractivity contribution in [2.24, 2.45) is 23.7 Å². The second-order valence-electron chi connectivity index (χ2n) is 28.2. The van der Waals surface area contributed by atoms with E-state index in [-0.39, 0.29) is 25.7 Å². The molecule has 2 unspecified atom stereocenters. The van der Waals surface area contributed by atoms with Gasteiger partial charge >= 0.3 is 39.5 Å². The van der Waals surface area contributed by atoms with E-state index in [1.165, 1.54) is 161 Å². The molecule has 0 aliphatic carbocycles. The summed E-state index contributed by atoms with van der Waals surface area (Å²) in [5.74, 6) is 0.852. The van der Waals surface area contributed by atoms with Crippen molar-refractivity contribution in [2.75, 3.05) is 39.6 Å². The van der Waals surface area contributed by atoms with Gasteiger partial charge in [-0.2, -0.15) is 0 Å². The molecule has 3 N–H and O–H groups in total. The lowest BCUT2D eigenvalue weighted by atomic mass is 10.0. The number of carbonyl (C=O) groups is 4. The molecule has 92 heavy (non-hydrogen) atoms. The number of hydrogen-bond donors (Lipinski definition) is 3. The Labute approximate surface area is 562 Å². The number of unbranched alkanes of at least 4 members (excludes halogenated alkanes) is 36. The van der Waals surface area contributed by atoms with Crippen molar-refractivity contribution < 1.29 is 80.2 Å². The van der Waals surface area contributed by atoms with Crippen molar-refractivity contribution >= 4 is 39.5 Å². The number of carbonyl (C=O) groups excluding carboxylic acids is 4. The maximum Gasteiger partial charge on any atom is 0.472 e. The van der Waals surface area contributed by atoms with Crippen LogP contribution in [-0.2, 0) is 65.4 Å². The number of esters is 4. The zero-order chi connectivity index (χ0) is 68.2. The summed E-state index contributed by atoms with van der Waals surface area (Å²) in [5.41, 5.74) is 0. The van der Waals surface area contributed by atoms with E-state index in [1.54, 1.807) is 0 Å². The summed E-state index contributed by atoms with van der Waals surface area (Å²) < 4.78 is 68.4. The van der Waals surface area contributed by atoms with Crippen molar-refractivity contribution in [2.45, 2.75) is 382 Å². The molecule has 0 fully saturated rings. The molecule has 0 spiro atoms. The van der Waals surface area contributed by atoms with Crippen LogP contribution in [0.15, 0.2) is 0 Å². The first kappa shape index (κ1) is 90.1. The standard InChI is InChI=1S/C73H142O17P2/c1-63(2)49-41-33-25-19-15-11-9-13-17-21-29-39-47-55-72(77)89-68(59-83-70(75)53-45-37-28-24-23-27-35-43-51-65(5)6)61-87-91(79,80)85-57-67(74)58-86-92(81,82)88-62-69(60-84-71(76)54-46-38-32-31-36-44-52-66(7)8)90-73(78)56-48-40-30-22-18-14-10-12-16-20-26-34-42-50-64(3)4/h63-69,74H,9-62H2,1-8H3,(H,79,80)(H,81,82)/t67-,68-,69-/m1/s1. The van der Waals surface area contributed by atoms with Gasteiger partial charge in [-0.3, -0.25) is 37.3 Å². The highest BCUT2D eigenvalue weighted by molar-refractivity contribution is 7.47. The summed E-state index contributed by atoms with van der Waals surface area (Å²) in [6.45, 7) is 14.1. The molecule has 0 aliphatic heterocycles. The minimum absolute atomic E-state index is 0.106. The molecule has 0 aromatic rings. The van der Waals surface area contributed by atoms with Crippen molar-refractivity contribution in [1.82, 2.24) is 0 Å². The summed E-state index contributed by atoms with van der Waals surface area (Å²) in [6, 6.07) is 0. The fourth-order valence-corrected chi connectivity index (χ4v) is 12.6. The summed E-state index contributed by atoms with van der Waals surface area (Å²) in [5, 5.41) is 10.6. The molecule has 5 atom stereocenters. The molecule has 0 saturated carbocycles. The Morgan fingerprint density at radius 3 is 0.674 bits per heavy atom. The Balaban J connectivity index is 5.23. The molecule has 0 aromatic heterocycles. The fraction of sp³-hybridized carbons (Fsp3) is 0.945. The third-order valence-electron chi connectivity index (χ3n) is 16.8. The van der Waals surface area contributed by atoms with Gasteiger partial charge in [0.15, 0.2) is 12.2 Å². The molecular weight excluding hydrogens is 1210 g/mol. The molecule has 0 saturated heterocycles. The molecule has 0 bridgehead atoms. The Morgan fingerprint density at radius 2 is 0.457 bits per heavy atom. The monoisotopic (exact) mass is 1350 g/mol. The average molecular weight is 1350 g/mol. The fourth-order valence-electron chi connectivity index (χ4n) is 11.0. The van der Waals surface area contributed by atoms with E-state index in [0.29, 0.717) is 31.6 Å². The van der Waals surface area contributed by atoms with Gasteiger partial charge in [0.25, 0.3) is 0 Å². The topological polar surface area (TPSA) is 237 Å². The van der Waals surface area contributed by atoms with E-state index in [2.05, 4.69) is 55.4 Å². The molecular formula is C73H142O17P2. The van der Waals surface area contributed by atoms with Gasteiger partial charge in [0.1, 0.15) is 19.3 Å². The molecule has 546 valence electrons. The van der Waals surface area contributed by atoms with Gasteiger partial charge in [0.2, 0.25) is 0 Å². The number of aliphatic hydroxyl groups is 1. The van der Waals surface area contributed by atoms with Gasteiger partial charge in [-0.15, -0.1) is 0 Å². The highest BCUT2D eigenvalue weighted by Gasteiger charge is 2.30. The maximum absolute atomic E-state index is 13.0. The van der Waals surface area contributed by atoms with E-state index >= 15 is 0 Å². The second kappa shape index (κ2) is 62.6. The average Bonchev–Trinajstić information content (AvgIpc) is 3.72. The van der Waals surface area contributed by atoms with E-state index in [1.807, 2.05) is 0 Å². The van der Waals surface area contributed by atoms with Crippen LogP contribution in [0, 0.1) is 23.7 Å². The van der Waals surface area contributed by atoms with Gasteiger partial charge in [-0.05, 0) is 49.4 Å². The quantitative estimate of drug-likeness (QED) is 0.0222. The Hall–Kier alpha value is -1.94. The summed E-state index contributed by atoms with van der Waals surface area (Å²) in [7, 11) is -9.91. The molecule has 0 radical (unpaired) electrons. The van der Waals surface area contributed by atoms with E-state index < -0.39 is 97.5 Å². The number of phosphoric acid groups is 2. The Bertz CT molecular complexity index is 1820. The molecule has 0 amide bonds. The van der Waals surface area contributed by atoms with Crippen LogP contribution in [0.3, 0.4) is 0 Å².